The van der Waals surface area contributed by atoms with E-state index in [9.17, 15) is 9.59 Å². The molecule has 25 heavy (non-hydrogen) atoms. The Morgan fingerprint density at radius 3 is 2.76 bits per heavy atom. The third kappa shape index (κ3) is 4.40. The maximum atomic E-state index is 13.0. The summed E-state index contributed by atoms with van der Waals surface area (Å²) in [6.07, 6.45) is 4.87. The van der Waals surface area contributed by atoms with Gasteiger partial charge in [0.1, 0.15) is 0 Å². The lowest BCUT2D eigenvalue weighted by Crippen LogP contribution is -2.48. The van der Waals surface area contributed by atoms with Crippen LogP contribution in [0.3, 0.4) is 0 Å². The van der Waals surface area contributed by atoms with E-state index in [1.165, 1.54) is 6.42 Å². The molecule has 0 aliphatic carbocycles. The molecule has 136 valence electrons. The summed E-state index contributed by atoms with van der Waals surface area (Å²) in [5.41, 5.74) is 1.11. The fourth-order valence-electron chi connectivity index (χ4n) is 4.08. The van der Waals surface area contributed by atoms with Gasteiger partial charge in [0, 0.05) is 38.1 Å². The molecule has 2 amide bonds. The zero-order valence-electron chi connectivity index (χ0n) is 15.1. The predicted molar refractivity (Wildman–Crippen MR) is 98.0 cm³/mol. The molecular weight excluding hydrogens is 314 g/mol. The van der Waals surface area contributed by atoms with Crippen LogP contribution in [-0.4, -0.2) is 53.8 Å². The van der Waals surface area contributed by atoms with Crippen molar-refractivity contribution in [2.24, 2.45) is 0 Å². The summed E-state index contributed by atoms with van der Waals surface area (Å²) in [7, 11) is 0. The number of carbonyl (C=O) groups is 2. The summed E-state index contributed by atoms with van der Waals surface area (Å²) >= 11 is 0. The topological polar surface area (TPSA) is 52.7 Å². The molecule has 2 fully saturated rings. The molecule has 2 atom stereocenters. The Balaban J connectivity index is 1.75. The van der Waals surface area contributed by atoms with Gasteiger partial charge in [-0.25, -0.2) is 0 Å². The summed E-state index contributed by atoms with van der Waals surface area (Å²) in [6.45, 7) is 4.75. The lowest BCUT2D eigenvalue weighted by molar-refractivity contribution is -0.137. The number of carbonyl (C=O) groups excluding carboxylic acids is 2. The maximum Gasteiger partial charge on any atom is 0.237 e. The van der Waals surface area contributed by atoms with Gasteiger partial charge in [-0.3, -0.25) is 14.5 Å². The highest BCUT2D eigenvalue weighted by molar-refractivity contribution is 5.80. The molecule has 1 aromatic rings. The number of hydrogen-bond acceptors (Lipinski definition) is 3. The van der Waals surface area contributed by atoms with Gasteiger partial charge in [0.25, 0.3) is 0 Å². The van der Waals surface area contributed by atoms with Crippen molar-refractivity contribution in [2.45, 2.75) is 51.1 Å². The van der Waals surface area contributed by atoms with E-state index in [0.717, 1.165) is 31.4 Å². The third-order valence-corrected chi connectivity index (χ3v) is 5.48. The molecule has 1 aromatic carbocycles. The van der Waals surface area contributed by atoms with E-state index in [1.54, 1.807) is 0 Å². The van der Waals surface area contributed by atoms with Gasteiger partial charge in [-0.15, -0.1) is 0 Å². The number of amides is 2. The number of hydrogen-bond donors (Lipinski definition) is 1. The van der Waals surface area contributed by atoms with Gasteiger partial charge >= 0.3 is 0 Å². The number of rotatable bonds is 4. The lowest BCUT2D eigenvalue weighted by Gasteiger charge is -2.38. The Bertz CT molecular complexity index is 590. The first-order valence-corrected chi connectivity index (χ1v) is 9.54. The summed E-state index contributed by atoms with van der Waals surface area (Å²) in [5.74, 6) is 0.273. The van der Waals surface area contributed by atoms with E-state index >= 15 is 0 Å². The van der Waals surface area contributed by atoms with Gasteiger partial charge in [0.05, 0.1) is 6.54 Å². The minimum absolute atomic E-state index is 0.0301. The number of benzene rings is 1. The minimum atomic E-state index is -0.0301. The molecule has 0 radical (unpaired) electrons. The van der Waals surface area contributed by atoms with Crippen LogP contribution in [0.15, 0.2) is 30.3 Å². The monoisotopic (exact) mass is 343 g/mol. The number of likely N-dealkylation sites (tertiary alicyclic amines) is 1. The molecule has 0 spiro atoms. The van der Waals surface area contributed by atoms with Crippen molar-refractivity contribution in [1.82, 2.24) is 15.1 Å². The Labute approximate surface area is 150 Å². The third-order valence-electron chi connectivity index (χ3n) is 5.48. The summed E-state index contributed by atoms with van der Waals surface area (Å²) in [5, 5.41) is 2.94. The Hall–Kier alpha value is -1.88. The predicted octanol–water partition coefficient (Wildman–Crippen LogP) is 2.34. The van der Waals surface area contributed by atoms with Gasteiger partial charge in [-0.1, -0.05) is 37.3 Å². The van der Waals surface area contributed by atoms with Crippen LogP contribution in [0.1, 0.15) is 50.6 Å². The molecule has 1 N–H and O–H groups in total. The Morgan fingerprint density at radius 1 is 1.20 bits per heavy atom. The smallest absolute Gasteiger partial charge is 0.237 e. The van der Waals surface area contributed by atoms with Crippen LogP contribution < -0.4 is 5.32 Å². The molecule has 2 aliphatic rings. The number of nitrogens with zero attached hydrogens (tertiary/aromatic N) is 2. The van der Waals surface area contributed by atoms with Gasteiger partial charge < -0.3 is 10.2 Å². The first kappa shape index (κ1) is 17.9. The SMILES string of the molecule is CC[C@H]1CCCCN1C(=O)CN1CCNC(=O)C[C@@H]1c1ccccc1. The maximum absolute atomic E-state index is 13.0. The average molecular weight is 343 g/mol. The van der Waals surface area contributed by atoms with Crippen LogP contribution in [0.25, 0.3) is 0 Å². The quantitative estimate of drug-likeness (QED) is 0.913. The van der Waals surface area contributed by atoms with Gasteiger partial charge in [-0.2, -0.15) is 0 Å². The second kappa shape index (κ2) is 8.48. The molecule has 3 rings (SSSR count). The van der Waals surface area contributed by atoms with Crippen LogP contribution in [-0.2, 0) is 9.59 Å². The van der Waals surface area contributed by atoms with Crippen molar-refractivity contribution in [2.75, 3.05) is 26.2 Å². The van der Waals surface area contributed by atoms with E-state index < -0.39 is 0 Å². The number of nitrogens with one attached hydrogen (secondary N) is 1. The molecule has 0 saturated carbocycles. The van der Waals surface area contributed by atoms with Gasteiger partial charge in [0.15, 0.2) is 0 Å². The van der Waals surface area contributed by atoms with Crippen LogP contribution >= 0.6 is 0 Å². The lowest BCUT2D eigenvalue weighted by atomic mass is 9.99. The Morgan fingerprint density at radius 2 is 2.00 bits per heavy atom. The molecule has 2 heterocycles. The van der Waals surface area contributed by atoms with Gasteiger partial charge in [0.2, 0.25) is 11.8 Å². The first-order valence-electron chi connectivity index (χ1n) is 9.54. The molecule has 5 heteroatoms. The van der Waals surface area contributed by atoms with Crippen molar-refractivity contribution >= 4 is 11.8 Å². The Kier molecular flexibility index (Phi) is 6.08. The second-order valence-electron chi connectivity index (χ2n) is 7.10. The average Bonchev–Trinajstić information content (AvgIpc) is 2.83. The van der Waals surface area contributed by atoms with Crippen LogP contribution in [0.5, 0.6) is 0 Å². The zero-order valence-corrected chi connectivity index (χ0v) is 15.1. The van der Waals surface area contributed by atoms with E-state index in [1.807, 2.05) is 18.2 Å². The molecular formula is C20H29N3O2. The highest BCUT2D eigenvalue weighted by Crippen LogP contribution is 2.26. The molecule has 2 aliphatic heterocycles. The van der Waals surface area contributed by atoms with Crippen molar-refractivity contribution in [3.05, 3.63) is 35.9 Å². The largest absolute Gasteiger partial charge is 0.355 e. The molecule has 0 aromatic heterocycles. The van der Waals surface area contributed by atoms with Crippen LogP contribution in [0, 0.1) is 0 Å². The van der Waals surface area contributed by atoms with E-state index in [2.05, 4.69) is 34.2 Å². The summed E-state index contributed by atoms with van der Waals surface area (Å²) in [4.78, 5) is 29.3. The molecule has 2 saturated heterocycles. The normalized spacial score (nSPS) is 25.3. The van der Waals surface area contributed by atoms with Crippen molar-refractivity contribution in [3.8, 4) is 0 Å². The highest BCUT2D eigenvalue weighted by Gasteiger charge is 2.31. The number of piperidine rings is 1. The highest BCUT2D eigenvalue weighted by atomic mass is 16.2. The summed E-state index contributed by atoms with van der Waals surface area (Å²) in [6, 6.07) is 10.4. The van der Waals surface area contributed by atoms with E-state index in [0.29, 0.717) is 32.1 Å². The van der Waals surface area contributed by atoms with Crippen LogP contribution in [0.4, 0.5) is 0 Å². The fourth-order valence-corrected chi connectivity index (χ4v) is 4.08. The van der Waals surface area contributed by atoms with Crippen molar-refractivity contribution in [1.29, 1.82) is 0 Å². The molecule has 0 bridgehead atoms. The van der Waals surface area contributed by atoms with E-state index in [-0.39, 0.29) is 17.9 Å². The molecule has 0 unspecified atom stereocenters. The summed E-state index contributed by atoms with van der Waals surface area (Å²) < 4.78 is 0. The first-order chi connectivity index (χ1) is 12.2. The van der Waals surface area contributed by atoms with E-state index in [4.69, 9.17) is 0 Å². The van der Waals surface area contributed by atoms with Gasteiger partial charge in [-0.05, 0) is 31.2 Å². The second-order valence-corrected chi connectivity index (χ2v) is 7.10. The molecule has 5 nitrogen and oxygen atoms in total. The van der Waals surface area contributed by atoms with Crippen molar-refractivity contribution < 1.29 is 9.59 Å². The van der Waals surface area contributed by atoms with Crippen molar-refractivity contribution in [3.63, 3.8) is 0 Å². The standard InChI is InChI=1S/C20H29N3O2/c1-2-17-10-6-7-12-23(17)20(25)15-22-13-11-21-19(24)14-18(22)16-8-4-3-5-9-16/h3-5,8-9,17-18H,2,6-7,10-15H2,1H3,(H,21,24)/t17-,18+/m0/s1. The fraction of sp³-hybridized carbons (Fsp3) is 0.600. The zero-order chi connectivity index (χ0) is 17.6. The van der Waals surface area contributed by atoms with Crippen LogP contribution in [0.2, 0.25) is 0 Å². The minimum Gasteiger partial charge on any atom is -0.355 e.